The molecule has 0 aliphatic rings. The molecule has 0 aliphatic heterocycles. The Hall–Kier alpha value is -1.99. The summed E-state index contributed by atoms with van der Waals surface area (Å²) in [5.74, 6) is -1.18. The zero-order valence-electron chi connectivity index (χ0n) is 11.5. The van der Waals surface area contributed by atoms with Gasteiger partial charge < -0.3 is 5.11 Å². The molecule has 0 saturated heterocycles. The number of carboxylic acids is 1. The van der Waals surface area contributed by atoms with Crippen LogP contribution in [0.25, 0.3) is 10.9 Å². The van der Waals surface area contributed by atoms with E-state index in [4.69, 9.17) is 5.11 Å². The van der Waals surface area contributed by atoms with Crippen molar-refractivity contribution in [2.45, 2.75) is 30.7 Å². The second-order valence-electron chi connectivity index (χ2n) is 4.63. The van der Waals surface area contributed by atoms with Crippen LogP contribution in [-0.4, -0.2) is 30.5 Å². The molecule has 1 aromatic heterocycles. The van der Waals surface area contributed by atoms with E-state index in [0.29, 0.717) is 17.3 Å². The fourth-order valence-corrected chi connectivity index (χ4v) is 3.52. The Morgan fingerprint density at radius 1 is 1.33 bits per heavy atom. The van der Waals surface area contributed by atoms with Gasteiger partial charge >= 0.3 is 5.97 Å². The predicted molar refractivity (Wildman–Crippen MR) is 78.4 cm³/mol. The Balaban J connectivity index is 2.44. The van der Waals surface area contributed by atoms with Crippen LogP contribution in [-0.2, 0) is 14.8 Å². The number of benzene rings is 1. The number of aromatic nitrogens is 1. The number of carbonyl (C=O) groups is 1. The Morgan fingerprint density at radius 2 is 2.10 bits per heavy atom. The van der Waals surface area contributed by atoms with E-state index in [0.717, 1.165) is 0 Å². The topological polar surface area (TPSA) is 96.4 Å². The number of rotatable bonds is 6. The summed E-state index contributed by atoms with van der Waals surface area (Å²) >= 11 is 0. The van der Waals surface area contributed by atoms with Crippen molar-refractivity contribution in [3.05, 3.63) is 36.5 Å². The molecule has 0 aliphatic carbocycles. The maximum Gasteiger partial charge on any atom is 0.321 e. The number of nitrogens with zero attached hydrogens (tertiary/aromatic N) is 1. The highest BCUT2D eigenvalue weighted by Crippen LogP contribution is 2.21. The monoisotopic (exact) mass is 308 g/mol. The molecule has 0 fully saturated rings. The van der Waals surface area contributed by atoms with Crippen LogP contribution < -0.4 is 4.72 Å². The van der Waals surface area contributed by atoms with Crippen molar-refractivity contribution in [1.82, 2.24) is 9.71 Å². The number of hydrogen-bond donors (Lipinski definition) is 2. The molecule has 21 heavy (non-hydrogen) atoms. The molecule has 0 saturated carbocycles. The summed E-state index contributed by atoms with van der Waals surface area (Å²) in [6, 6.07) is 6.88. The Morgan fingerprint density at radius 3 is 2.76 bits per heavy atom. The van der Waals surface area contributed by atoms with Gasteiger partial charge in [0.15, 0.2) is 0 Å². The summed E-state index contributed by atoms with van der Waals surface area (Å²) in [5, 5.41) is 9.55. The Labute approximate surface area is 122 Å². The lowest BCUT2D eigenvalue weighted by molar-refractivity contribution is -0.139. The molecule has 6 nitrogen and oxygen atoms in total. The van der Waals surface area contributed by atoms with Crippen molar-refractivity contribution in [2.24, 2.45) is 0 Å². The van der Waals surface area contributed by atoms with Crippen LogP contribution >= 0.6 is 0 Å². The largest absolute Gasteiger partial charge is 0.480 e. The van der Waals surface area contributed by atoms with Gasteiger partial charge in [0.05, 0.1) is 10.4 Å². The summed E-state index contributed by atoms with van der Waals surface area (Å²) in [5.41, 5.74) is 0.544. The van der Waals surface area contributed by atoms with Gasteiger partial charge in [-0.3, -0.25) is 9.78 Å². The number of fused-ring (bicyclic) bond motifs is 1. The van der Waals surface area contributed by atoms with E-state index >= 15 is 0 Å². The van der Waals surface area contributed by atoms with Gasteiger partial charge in [-0.2, -0.15) is 4.72 Å². The highest BCUT2D eigenvalue weighted by Gasteiger charge is 2.25. The van der Waals surface area contributed by atoms with Crippen LogP contribution in [0.4, 0.5) is 0 Å². The van der Waals surface area contributed by atoms with Gasteiger partial charge in [-0.1, -0.05) is 19.4 Å². The van der Waals surface area contributed by atoms with Crippen LogP contribution in [0.3, 0.4) is 0 Å². The number of aliphatic carboxylic acids is 1. The highest BCUT2D eigenvalue weighted by molar-refractivity contribution is 7.89. The van der Waals surface area contributed by atoms with Crippen molar-refractivity contribution in [2.75, 3.05) is 0 Å². The maximum atomic E-state index is 12.4. The average molecular weight is 308 g/mol. The minimum Gasteiger partial charge on any atom is -0.480 e. The zero-order valence-corrected chi connectivity index (χ0v) is 12.3. The maximum absolute atomic E-state index is 12.4. The molecule has 2 rings (SSSR count). The summed E-state index contributed by atoms with van der Waals surface area (Å²) in [7, 11) is -3.92. The van der Waals surface area contributed by atoms with Gasteiger partial charge in [-0.15, -0.1) is 0 Å². The molecule has 0 bridgehead atoms. The molecule has 1 heterocycles. The quantitative estimate of drug-likeness (QED) is 0.847. The van der Waals surface area contributed by atoms with Crippen molar-refractivity contribution in [1.29, 1.82) is 0 Å². The first kappa shape index (κ1) is 15.4. The van der Waals surface area contributed by atoms with E-state index in [-0.39, 0.29) is 11.3 Å². The van der Waals surface area contributed by atoms with Crippen molar-refractivity contribution >= 4 is 26.9 Å². The van der Waals surface area contributed by atoms with Crippen molar-refractivity contribution in [3.8, 4) is 0 Å². The van der Waals surface area contributed by atoms with Crippen LogP contribution in [0.5, 0.6) is 0 Å². The fourth-order valence-electron chi connectivity index (χ4n) is 2.08. The number of sulfonamides is 1. The molecule has 0 unspecified atom stereocenters. The highest BCUT2D eigenvalue weighted by atomic mass is 32.2. The van der Waals surface area contributed by atoms with E-state index in [1.54, 1.807) is 37.4 Å². The van der Waals surface area contributed by atoms with E-state index in [9.17, 15) is 13.2 Å². The van der Waals surface area contributed by atoms with Gasteiger partial charge in [0.2, 0.25) is 10.0 Å². The Kier molecular flexibility index (Phi) is 4.54. The van der Waals surface area contributed by atoms with Crippen LogP contribution in [0, 0.1) is 0 Å². The van der Waals surface area contributed by atoms with Crippen LogP contribution in [0.2, 0.25) is 0 Å². The first-order valence-electron chi connectivity index (χ1n) is 6.54. The molecule has 0 amide bonds. The zero-order chi connectivity index (χ0) is 15.5. The first-order valence-corrected chi connectivity index (χ1v) is 8.03. The molecule has 1 aromatic carbocycles. The van der Waals surface area contributed by atoms with E-state index in [2.05, 4.69) is 9.71 Å². The smallest absolute Gasteiger partial charge is 0.321 e. The molecule has 2 N–H and O–H groups in total. The van der Waals surface area contributed by atoms with E-state index in [1.807, 2.05) is 0 Å². The van der Waals surface area contributed by atoms with Gasteiger partial charge in [0.25, 0.3) is 0 Å². The minimum absolute atomic E-state index is 0.0375. The van der Waals surface area contributed by atoms with Crippen molar-refractivity contribution in [3.63, 3.8) is 0 Å². The molecular weight excluding hydrogens is 292 g/mol. The molecule has 0 spiro atoms. The molecule has 7 heteroatoms. The molecule has 1 atom stereocenters. The lowest BCUT2D eigenvalue weighted by Crippen LogP contribution is -2.40. The lowest BCUT2D eigenvalue weighted by Gasteiger charge is -2.15. The summed E-state index contributed by atoms with van der Waals surface area (Å²) in [4.78, 5) is 15.3. The standard InChI is InChI=1S/C14H16N2O4S/c1-2-5-12(14(17)18)16-21(19,20)13-8-3-7-11-10(13)6-4-9-15-11/h3-4,6-9,12,16H,2,5H2,1H3,(H,17,18)/t12-/m0/s1. The first-order chi connectivity index (χ1) is 9.95. The van der Waals surface area contributed by atoms with Gasteiger partial charge in [0.1, 0.15) is 6.04 Å². The summed E-state index contributed by atoms with van der Waals surface area (Å²) in [6.07, 6.45) is 2.37. The lowest BCUT2D eigenvalue weighted by atomic mass is 10.2. The SMILES string of the molecule is CCC[C@H](NS(=O)(=O)c1cccc2ncccc12)C(=O)O. The van der Waals surface area contributed by atoms with E-state index in [1.165, 1.54) is 6.07 Å². The third-order valence-electron chi connectivity index (χ3n) is 3.07. The van der Waals surface area contributed by atoms with Gasteiger partial charge in [-0.05, 0) is 30.7 Å². The third kappa shape index (κ3) is 3.37. The van der Waals surface area contributed by atoms with Crippen molar-refractivity contribution < 1.29 is 18.3 Å². The number of nitrogens with one attached hydrogen (secondary N) is 1. The predicted octanol–water partition coefficient (Wildman–Crippen LogP) is 1.77. The second kappa shape index (κ2) is 6.19. The fraction of sp³-hybridized carbons (Fsp3) is 0.286. The van der Waals surface area contributed by atoms with Crippen LogP contribution in [0.1, 0.15) is 19.8 Å². The second-order valence-corrected chi connectivity index (χ2v) is 6.31. The minimum atomic E-state index is -3.92. The molecular formula is C14H16N2O4S. The number of hydrogen-bond acceptors (Lipinski definition) is 4. The third-order valence-corrected chi connectivity index (χ3v) is 4.60. The van der Waals surface area contributed by atoms with Gasteiger partial charge in [-0.25, -0.2) is 8.42 Å². The van der Waals surface area contributed by atoms with Crippen LogP contribution in [0.15, 0.2) is 41.4 Å². The molecule has 112 valence electrons. The Bertz CT molecular complexity index is 753. The molecule has 2 aromatic rings. The molecule has 0 radical (unpaired) electrons. The average Bonchev–Trinajstić information content (AvgIpc) is 2.46. The number of pyridine rings is 1. The summed E-state index contributed by atoms with van der Waals surface area (Å²) in [6.45, 7) is 1.80. The summed E-state index contributed by atoms with van der Waals surface area (Å²) < 4.78 is 27.1. The van der Waals surface area contributed by atoms with Gasteiger partial charge in [0, 0.05) is 11.6 Å². The normalized spacial score (nSPS) is 13.2. The van der Waals surface area contributed by atoms with E-state index < -0.39 is 22.0 Å². The number of carboxylic acid groups (broad SMARTS) is 1.